The summed E-state index contributed by atoms with van der Waals surface area (Å²) in [4.78, 5) is 1.76. The normalized spacial score (nSPS) is 10.9. The molecule has 0 aliphatic rings. The molecule has 140 valence electrons. The van der Waals surface area contributed by atoms with Crippen molar-refractivity contribution >= 4 is 11.6 Å². The minimum Gasteiger partial charge on any atom is -0.307 e. The van der Waals surface area contributed by atoms with Crippen molar-refractivity contribution in [3.05, 3.63) is 107 Å². The number of nitrogens with one attached hydrogen (secondary N) is 1. The highest BCUT2D eigenvalue weighted by molar-refractivity contribution is 6.30. The maximum Gasteiger partial charge on any atom is 0.117 e. The molecule has 4 aromatic rings. The van der Waals surface area contributed by atoms with Crippen LogP contribution in [0.3, 0.4) is 0 Å². The Morgan fingerprint density at radius 2 is 1.39 bits per heavy atom. The lowest BCUT2D eigenvalue weighted by Gasteiger charge is -2.04. The zero-order valence-corrected chi connectivity index (χ0v) is 16.2. The number of nitrogens with zero attached hydrogens (tertiary/aromatic N) is 3. The highest BCUT2D eigenvalue weighted by atomic mass is 35.5. The van der Waals surface area contributed by atoms with E-state index in [0.717, 1.165) is 34.1 Å². The van der Waals surface area contributed by atoms with E-state index in [2.05, 4.69) is 41.7 Å². The molecule has 1 heterocycles. The monoisotopic (exact) mass is 388 g/mol. The fraction of sp³-hybridized carbons (Fsp3) is 0.130. The number of hydrogen-bond acceptors (Lipinski definition) is 3. The molecule has 0 radical (unpaired) electrons. The van der Waals surface area contributed by atoms with Crippen LogP contribution in [0.15, 0.2) is 84.9 Å². The molecule has 4 nitrogen and oxygen atoms in total. The summed E-state index contributed by atoms with van der Waals surface area (Å²) in [5, 5.41) is 13.7. The van der Waals surface area contributed by atoms with E-state index in [9.17, 15) is 0 Å². The van der Waals surface area contributed by atoms with E-state index >= 15 is 0 Å². The summed E-state index contributed by atoms with van der Waals surface area (Å²) >= 11 is 5.99. The standard InChI is InChI=1S/C23H21ClN4/c24-21-13-11-19(12-14-21)17-28-26-22(16-25-15-18-7-3-1-4-8-18)23(27-28)20-9-5-2-6-10-20/h1-14,25H,15-17H2. The third-order valence-electron chi connectivity index (χ3n) is 4.47. The third-order valence-corrected chi connectivity index (χ3v) is 4.73. The van der Waals surface area contributed by atoms with Gasteiger partial charge in [-0.25, -0.2) is 0 Å². The van der Waals surface area contributed by atoms with Crippen LogP contribution in [0.1, 0.15) is 16.8 Å². The quantitative estimate of drug-likeness (QED) is 0.487. The molecule has 0 saturated carbocycles. The average Bonchev–Trinajstić information content (AvgIpc) is 3.14. The van der Waals surface area contributed by atoms with Gasteiger partial charge in [0.1, 0.15) is 11.4 Å². The van der Waals surface area contributed by atoms with E-state index in [1.807, 2.05) is 48.5 Å². The van der Waals surface area contributed by atoms with Crippen molar-refractivity contribution in [1.82, 2.24) is 20.3 Å². The van der Waals surface area contributed by atoms with Gasteiger partial charge in [0, 0.05) is 23.7 Å². The van der Waals surface area contributed by atoms with Gasteiger partial charge in [-0.1, -0.05) is 84.4 Å². The molecule has 0 spiro atoms. The van der Waals surface area contributed by atoms with Gasteiger partial charge < -0.3 is 5.32 Å². The van der Waals surface area contributed by atoms with Gasteiger partial charge in [-0.15, -0.1) is 0 Å². The van der Waals surface area contributed by atoms with Gasteiger partial charge in [0.25, 0.3) is 0 Å². The van der Waals surface area contributed by atoms with Gasteiger partial charge in [-0.05, 0) is 23.3 Å². The van der Waals surface area contributed by atoms with Crippen LogP contribution in [0.2, 0.25) is 5.02 Å². The lowest BCUT2D eigenvalue weighted by molar-refractivity contribution is 0.576. The summed E-state index contributed by atoms with van der Waals surface area (Å²) in [7, 11) is 0. The minimum absolute atomic E-state index is 0.607. The SMILES string of the molecule is Clc1ccc(Cn2nc(CNCc3ccccc3)c(-c3ccccc3)n2)cc1. The predicted octanol–water partition coefficient (Wildman–Crippen LogP) is 4.94. The first-order chi connectivity index (χ1) is 13.8. The Morgan fingerprint density at radius 3 is 2.11 bits per heavy atom. The molecule has 3 aromatic carbocycles. The molecule has 0 unspecified atom stereocenters. The van der Waals surface area contributed by atoms with E-state index in [4.69, 9.17) is 21.8 Å². The molecule has 28 heavy (non-hydrogen) atoms. The van der Waals surface area contributed by atoms with Gasteiger partial charge in [-0.2, -0.15) is 15.0 Å². The Morgan fingerprint density at radius 1 is 0.714 bits per heavy atom. The molecule has 4 rings (SSSR count). The number of halogens is 1. The first-order valence-corrected chi connectivity index (χ1v) is 9.64. The van der Waals surface area contributed by atoms with E-state index in [1.54, 1.807) is 4.80 Å². The van der Waals surface area contributed by atoms with Gasteiger partial charge in [0.2, 0.25) is 0 Å². The lowest BCUT2D eigenvalue weighted by Crippen LogP contribution is -2.14. The average molecular weight is 389 g/mol. The van der Waals surface area contributed by atoms with Crippen molar-refractivity contribution in [3.8, 4) is 11.3 Å². The van der Waals surface area contributed by atoms with Crippen LogP contribution in [-0.4, -0.2) is 15.0 Å². The molecule has 1 N–H and O–H groups in total. The highest BCUT2D eigenvalue weighted by Crippen LogP contribution is 2.20. The Kier molecular flexibility index (Phi) is 5.80. The second-order valence-corrected chi connectivity index (χ2v) is 7.04. The topological polar surface area (TPSA) is 42.7 Å². The van der Waals surface area contributed by atoms with Crippen molar-refractivity contribution in [2.24, 2.45) is 0 Å². The summed E-state index contributed by atoms with van der Waals surface area (Å²) in [6.45, 7) is 2.05. The van der Waals surface area contributed by atoms with Gasteiger partial charge >= 0.3 is 0 Å². The largest absolute Gasteiger partial charge is 0.307 e. The van der Waals surface area contributed by atoms with Crippen LogP contribution in [0.5, 0.6) is 0 Å². The zero-order chi connectivity index (χ0) is 19.2. The summed E-state index contributed by atoms with van der Waals surface area (Å²) in [6, 6.07) is 28.3. The molecule has 0 bridgehead atoms. The molecule has 0 aliphatic heterocycles. The first-order valence-electron chi connectivity index (χ1n) is 9.26. The fourth-order valence-corrected chi connectivity index (χ4v) is 3.19. The third kappa shape index (κ3) is 4.66. The van der Waals surface area contributed by atoms with Crippen LogP contribution in [0, 0.1) is 0 Å². The minimum atomic E-state index is 0.607. The summed E-state index contributed by atoms with van der Waals surface area (Å²) in [5.74, 6) is 0. The Labute approximate surface area is 169 Å². The molecule has 0 fully saturated rings. The van der Waals surface area contributed by atoms with E-state index in [1.165, 1.54) is 5.56 Å². The van der Waals surface area contributed by atoms with Crippen LogP contribution >= 0.6 is 11.6 Å². The highest BCUT2D eigenvalue weighted by Gasteiger charge is 2.13. The van der Waals surface area contributed by atoms with E-state index in [0.29, 0.717) is 13.1 Å². The maximum atomic E-state index is 5.99. The molecule has 5 heteroatoms. The van der Waals surface area contributed by atoms with Crippen LogP contribution in [-0.2, 0) is 19.6 Å². The van der Waals surface area contributed by atoms with Crippen LogP contribution < -0.4 is 5.32 Å². The Hall–Kier alpha value is -2.95. The zero-order valence-electron chi connectivity index (χ0n) is 15.4. The van der Waals surface area contributed by atoms with Crippen molar-refractivity contribution in [3.63, 3.8) is 0 Å². The molecular formula is C23H21ClN4. The molecule has 0 atom stereocenters. The second-order valence-electron chi connectivity index (χ2n) is 6.61. The second kappa shape index (κ2) is 8.83. The van der Waals surface area contributed by atoms with E-state index in [-0.39, 0.29) is 0 Å². The first kappa shape index (κ1) is 18.4. The lowest BCUT2D eigenvalue weighted by atomic mass is 10.1. The van der Waals surface area contributed by atoms with Crippen molar-refractivity contribution in [2.75, 3.05) is 0 Å². The maximum absolute atomic E-state index is 5.99. The van der Waals surface area contributed by atoms with Crippen LogP contribution in [0.25, 0.3) is 11.3 Å². The number of benzene rings is 3. The predicted molar refractivity (Wildman–Crippen MR) is 113 cm³/mol. The van der Waals surface area contributed by atoms with Gasteiger partial charge in [0.05, 0.1) is 6.54 Å². The van der Waals surface area contributed by atoms with Crippen molar-refractivity contribution in [1.29, 1.82) is 0 Å². The summed E-state index contributed by atoms with van der Waals surface area (Å²) < 4.78 is 0. The van der Waals surface area contributed by atoms with Crippen LogP contribution in [0.4, 0.5) is 0 Å². The molecule has 0 saturated heterocycles. The Balaban J connectivity index is 1.54. The summed E-state index contributed by atoms with van der Waals surface area (Å²) in [5.41, 5.74) is 5.28. The Bertz CT molecular complexity index is 1010. The van der Waals surface area contributed by atoms with Crippen molar-refractivity contribution in [2.45, 2.75) is 19.6 Å². The molecule has 0 aliphatic carbocycles. The number of aromatic nitrogens is 3. The summed E-state index contributed by atoms with van der Waals surface area (Å²) in [6.07, 6.45) is 0. The molecular weight excluding hydrogens is 368 g/mol. The smallest absolute Gasteiger partial charge is 0.117 e. The number of rotatable bonds is 7. The van der Waals surface area contributed by atoms with Crippen molar-refractivity contribution < 1.29 is 0 Å². The number of hydrogen-bond donors (Lipinski definition) is 1. The van der Waals surface area contributed by atoms with Gasteiger partial charge in [-0.3, -0.25) is 0 Å². The fourth-order valence-electron chi connectivity index (χ4n) is 3.07. The van der Waals surface area contributed by atoms with E-state index < -0.39 is 0 Å². The molecule has 1 aromatic heterocycles. The molecule has 0 amide bonds. The van der Waals surface area contributed by atoms with Gasteiger partial charge in [0.15, 0.2) is 0 Å².